The normalized spacial score (nSPS) is 19.5. The fraction of sp³-hybridized carbons (Fsp3) is 0.481. The summed E-state index contributed by atoms with van der Waals surface area (Å²) in [6, 6.07) is 22.5. The molecule has 0 fully saturated rings. The Hall–Kier alpha value is -1.90. The fourth-order valence-electron chi connectivity index (χ4n) is 4.26. The molecule has 2 aromatic carbocycles. The van der Waals surface area contributed by atoms with Crippen LogP contribution in [0.2, 0.25) is 0 Å². The van der Waals surface area contributed by atoms with Crippen LogP contribution >= 0.6 is 0 Å². The molecule has 2 nitrogen and oxygen atoms in total. The molecule has 1 aliphatic rings. The number of ether oxygens (including phenoxy) is 1. The molecule has 2 unspecified atom stereocenters. The first-order chi connectivity index (χ1) is 14.4. The van der Waals surface area contributed by atoms with E-state index < -0.39 is 0 Å². The third kappa shape index (κ3) is 7.45. The quantitative estimate of drug-likeness (QED) is 0.293. The molecule has 0 saturated carbocycles. The van der Waals surface area contributed by atoms with Crippen LogP contribution < -0.4 is 0 Å². The van der Waals surface area contributed by atoms with E-state index in [9.17, 15) is 0 Å². The first-order valence-corrected chi connectivity index (χ1v) is 11.4. The second kappa shape index (κ2) is 12.6. The third-order valence-corrected chi connectivity index (χ3v) is 5.93. The maximum Gasteiger partial charge on any atom is 0.0716 e. The average Bonchev–Trinajstić information content (AvgIpc) is 2.77. The molecular weight excluding hydrogens is 354 g/mol. The van der Waals surface area contributed by atoms with Gasteiger partial charge in [0.05, 0.1) is 6.61 Å². The van der Waals surface area contributed by atoms with Crippen LogP contribution in [0.4, 0.5) is 0 Å². The average molecular weight is 392 g/mol. The van der Waals surface area contributed by atoms with E-state index in [1.54, 1.807) is 0 Å². The summed E-state index contributed by atoms with van der Waals surface area (Å²) in [5.41, 5.74) is 2.67. The van der Waals surface area contributed by atoms with Crippen LogP contribution in [0.25, 0.3) is 0 Å². The van der Waals surface area contributed by atoms with E-state index >= 15 is 0 Å². The van der Waals surface area contributed by atoms with Gasteiger partial charge < -0.3 is 4.74 Å². The van der Waals surface area contributed by atoms with Crippen molar-refractivity contribution in [2.75, 3.05) is 6.61 Å². The molecule has 2 atom stereocenters. The predicted molar refractivity (Wildman–Crippen MR) is 123 cm³/mol. The Kier molecular flexibility index (Phi) is 9.49. The monoisotopic (exact) mass is 391 g/mol. The second-order valence-electron chi connectivity index (χ2n) is 8.22. The number of benzene rings is 2. The van der Waals surface area contributed by atoms with Crippen LogP contribution in [-0.2, 0) is 17.9 Å². The fourth-order valence-corrected chi connectivity index (χ4v) is 4.26. The molecule has 0 radical (unpaired) electrons. The van der Waals surface area contributed by atoms with Crippen molar-refractivity contribution >= 4 is 0 Å². The first kappa shape index (κ1) is 21.8. The minimum absolute atomic E-state index is 0.555. The maximum atomic E-state index is 6.02. The van der Waals surface area contributed by atoms with E-state index in [4.69, 9.17) is 4.74 Å². The summed E-state index contributed by atoms with van der Waals surface area (Å²) in [6.45, 7) is 4.85. The van der Waals surface area contributed by atoms with Crippen LogP contribution in [0, 0.1) is 0 Å². The molecule has 0 spiro atoms. The number of nitrogens with zero attached hydrogens (tertiary/aromatic N) is 1. The molecule has 0 N–H and O–H groups in total. The van der Waals surface area contributed by atoms with Crippen molar-refractivity contribution in [1.29, 1.82) is 0 Å². The van der Waals surface area contributed by atoms with Gasteiger partial charge in [-0.25, -0.2) is 0 Å². The van der Waals surface area contributed by atoms with Crippen LogP contribution in [0.3, 0.4) is 0 Å². The van der Waals surface area contributed by atoms with Crippen molar-refractivity contribution in [2.24, 2.45) is 0 Å². The topological polar surface area (TPSA) is 12.5 Å². The van der Waals surface area contributed by atoms with Crippen molar-refractivity contribution in [3.63, 3.8) is 0 Å². The lowest BCUT2D eigenvalue weighted by molar-refractivity contribution is 0.0685. The largest absolute Gasteiger partial charge is 0.377 e. The molecular formula is C27H37NO. The van der Waals surface area contributed by atoms with Crippen molar-refractivity contribution in [3.05, 3.63) is 83.9 Å². The Morgan fingerprint density at radius 3 is 2.31 bits per heavy atom. The van der Waals surface area contributed by atoms with Gasteiger partial charge in [-0.3, -0.25) is 4.90 Å². The molecule has 0 aromatic heterocycles. The van der Waals surface area contributed by atoms with Gasteiger partial charge in [-0.15, -0.1) is 0 Å². The molecule has 0 bridgehead atoms. The highest BCUT2D eigenvalue weighted by molar-refractivity contribution is 5.16. The molecule has 1 aliphatic heterocycles. The predicted octanol–water partition coefficient (Wildman–Crippen LogP) is 6.76. The first-order valence-electron chi connectivity index (χ1n) is 11.4. The lowest BCUT2D eigenvalue weighted by Gasteiger charge is -2.39. The Morgan fingerprint density at radius 2 is 1.59 bits per heavy atom. The van der Waals surface area contributed by atoms with Crippen LogP contribution in [-0.4, -0.2) is 23.6 Å². The van der Waals surface area contributed by atoms with Gasteiger partial charge in [0, 0.05) is 25.2 Å². The van der Waals surface area contributed by atoms with Crippen molar-refractivity contribution < 1.29 is 4.74 Å². The molecule has 3 rings (SSSR count). The van der Waals surface area contributed by atoms with Crippen LogP contribution in [0.5, 0.6) is 0 Å². The Labute approximate surface area is 177 Å². The van der Waals surface area contributed by atoms with Crippen LogP contribution in [0.1, 0.15) is 63.0 Å². The minimum atomic E-state index is 0.555. The van der Waals surface area contributed by atoms with Crippen molar-refractivity contribution in [1.82, 2.24) is 4.90 Å². The zero-order valence-electron chi connectivity index (χ0n) is 18.0. The molecule has 0 saturated heterocycles. The van der Waals surface area contributed by atoms with E-state index in [2.05, 4.69) is 84.6 Å². The summed E-state index contributed by atoms with van der Waals surface area (Å²) in [7, 11) is 0. The van der Waals surface area contributed by atoms with Gasteiger partial charge in [-0.1, -0.05) is 105 Å². The molecule has 2 heteroatoms. The van der Waals surface area contributed by atoms with E-state index in [0.717, 1.165) is 26.0 Å². The smallest absolute Gasteiger partial charge is 0.0716 e. The maximum absolute atomic E-state index is 6.02. The van der Waals surface area contributed by atoms with E-state index in [1.165, 1.54) is 43.2 Å². The molecule has 0 amide bonds. The molecule has 2 aromatic rings. The van der Waals surface area contributed by atoms with E-state index in [-0.39, 0.29) is 0 Å². The van der Waals surface area contributed by atoms with Crippen LogP contribution in [0.15, 0.2) is 72.8 Å². The van der Waals surface area contributed by atoms with E-state index in [1.807, 2.05) is 0 Å². The molecule has 0 aliphatic carbocycles. The highest BCUT2D eigenvalue weighted by Crippen LogP contribution is 2.26. The van der Waals surface area contributed by atoms with E-state index in [0.29, 0.717) is 18.7 Å². The number of hydrogen-bond donors (Lipinski definition) is 0. The highest BCUT2D eigenvalue weighted by atomic mass is 16.5. The minimum Gasteiger partial charge on any atom is -0.377 e. The van der Waals surface area contributed by atoms with Gasteiger partial charge in [0.15, 0.2) is 0 Å². The zero-order chi connectivity index (χ0) is 20.2. The molecule has 29 heavy (non-hydrogen) atoms. The Morgan fingerprint density at radius 1 is 0.862 bits per heavy atom. The summed E-state index contributed by atoms with van der Waals surface area (Å²) < 4.78 is 6.02. The number of rotatable bonds is 12. The zero-order valence-corrected chi connectivity index (χ0v) is 18.0. The highest BCUT2D eigenvalue weighted by Gasteiger charge is 2.27. The van der Waals surface area contributed by atoms with Gasteiger partial charge in [-0.2, -0.15) is 0 Å². The third-order valence-electron chi connectivity index (χ3n) is 5.93. The Bertz CT molecular complexity index is 697. The molecule has 156 valence electrons. The second-order valence-corrected chi connectivity index (χ2v) is 8.22. The van der Waals surface area contributed by atoms with Gasteiger partial charge >= 0.3 is 0 Å². The lowest BCUT2D eigenvalue weighted by Crippen LogP contribution is -2.44. The van der Waals surface area contributed by atoms with Gasteiger partial charge in [0.25, 0.3) is 0 Å². The van der Waals surface area contributed by atoms with Gasteiger partial charge in [0.2, 0.25) is 0 Å². The summed E-state index contributed by atoms with van der Waals surface area (Å²) in [4.78, 5) is 2.73. The van der Waals surface area contributed by atoms with Gasteiger partial charge in [0.1, 0.15) is 0 Å². The summed E-state index contributed by atoms with van der Waals surface area (Å²) in [6.07, 6.45) is 13.7. The summed E-state index contributed by atoms with van der Waals surface area (Å²) in [5, 5.41) is 0. The van der Waals surface area contributed by atoms with Gasteiger partial charge in [-0.05, 0) is 30.4 Å². The lowest BCUT2D eigenvalue weighted by atomic mass is 9.95. The number of unbranched alkanes of at least 4 members (excludes halogenated alkanes) is 3. The van der Waals surface area contributed by atoms with Crippen molar-refractivity contribution in [2.45, 2.75) is 77.1 Å². The SMILES string of the molecule is CCCCCCC1C=CCC(CCOCc2ccccc2)N1Cc1ccccc1. The summed E-state index contributed by atoms with van der Waals surface area (Å²) in [5.74, 6) is 0. The van der Waals surface area contributed by atoms with Crippen molar-refractivity contribution in [3.8, 4) is 0 Å². The Balaban J connectivity index is 1.56. The number of hydrogen-bond acceptors (Lipinski definition) is 2. The standard InChI is InChI=1S/C27H37NO/c1-2-3-4-11-17-26-18-12-19-27(28(26)22-24-13-7-5-8-14-24)20-21-29-23-25-15-9-6-10-16-25/h5-10,12-16,18,26-27H,2-4,11,17,19-23H2,1H3. The molecule has 1 heterocycles. The summed E-state index contributed by atoms with van der Waals surface area (Å²) >= 11 is 0.